The number of para-hydroxylation sites is 1. The van der Waals surface area contributed by atoms with E-state index in [1.54, 1.807) is 7.11 Å². The number of rotatable bonds is 7. The van der Waals surface area contributed by atoms with Crippen LogP contribution in [0, 0.1) is 0 Å². The Labute approximate surface area is 230 Å². The predicted molar refractivity (Wildman–Crippen MR) is 154 cm³/mol. The van der Waals surface area contributed by atoms with Crippen molar-refractivity contribution in [2.24, 2.45) is 0 Å². The van der Waals surface area contributed by atoms with Crippen molar-refractivity contribution in [1.82, 2.24) is 25.2 Å². The molecule has 1 N–H and O–H groups in total. The zero-order valence-corrected chi connectivity index (χ0v) is 23.0. The number of allylic oxidation sites excluding steroid dienone is 1. The van der Waals surface area contributed by atoms with Gasteiger partial charge < -0.3 is 19.7 Å². The molecule has 204 valence electrons. The molecule has 0 spiro atoms. The van der Waals surface area contributed by atoms with Crippen LogP contribution >= 0.6 is 0 Å². The molecule has 0 radical (unpaired) electrons. The van der Waals surface area contributed by atoms with Gasteiger partial charge in [0.15, 0.2) is 0 Å². The molecule has 4 aliphatic rings. The Balaban J connectivity index is 1.36. The van der Waals surface area contributed by atoms with Gasteiger partial charge in [-0.1, -0.05) is 24.3 Å². The van der Waals surface area contributed by atoms with Gasteiger partial charge in [0.2, 0.25) is 0 Å². The highest BCUT2D eigenvalue weighted by molar-refractivity contribution is 5.99. The molecular weight excluding hydrogens is 488 g/mol. The summed E-state index contributed by atoms with van der Waals surface area (Å²) in [6.45, 7) is 6.91. The van der Waals surface area contributed by atoms with Crippen molar-refractivity contribution >= 4 is 22.8 Å². The van der Waals surface area contributed by atoms with E-state index >= 15 is 0 Å². The lowest BCUT2D eigenvalue weighted by Crippen LogP contribution is -2.51. The SMILES string of the molecule is C/C=C/c1c(-c2ccccc2OC)ncc2c(N3CC4CCC(C3)N4)nc(OCC34CCCN3CCC4)nc12. The van der Waals surface area contributed by atoms with Gasteiger partial charge in [-0.2, -0.15) is 9.97 Å². The van der Waals surface area contributed by atoms with E-state index in [-0.39, 0.29) is 5.54 Å². The van der Waals surface area contributed by atoms with Crippen molar-refractivity contribution < 1.29 is 9.47 Å². The summed E-state index contributed by atoms with van der Waals surface area (Å²) in [6, 6.07) is 9.51. The predicted octanol–water partition coefficient (Wildman–Crippen LogP) is 4.68. The molecule has 4 aliphatic heterocycles. The third kappa shape index (κ3) is 4.34. The summed E-state index contributed by atoms with van der Waals surface area (Å²) in [5.41, 5.74) is 3.78. The van der Waals surface area contributed by atoms with Gasteiger partial charge in [-0.05, 0) is 70.7 Å². The number of nitrogens with zero attached hydrogens (tertiary/aromatic N) is 5. The number of hydrogen-bond donors (Lipinski definition) is 1. The molecule has 0 amide bonds. The molecule has 39 heavy (non-hydrogen) atoms. The van der Waals surface area contributed by atoms with Crippen molar-refractivity contribution in [2.45, 2.75) is 63.1 Å². The standard InChI is InChI=1S/C31H38N6O2/c1-3-8-24-27(23-9-4-5-10-26(23)38-2)32-17-25-28(24)34-30(39-20-31-13-6-15-37(31)16-7-14-31)35-29(25)36-18-21-11-12-22(19-36)33-21/h3-5,8-10,17,21-22,33H,6-7,11-16,18-20H2,1-2H3/b8-3+. The second kappa shape index (κ2) is 10.1. The van der Waals surface area contributed by atoms with E-state index < -0.39 is 0 Å². The Morgan fingerprint density at radius 2 is 1.85 bits per heavy atom. The molecule has 2 aromatic heterocycles. The minimum absolute atomic E-state index is 0.138. The molecule has 4 fully saturated rings. The van der Waals surface area contributed by atoms with Crippen LogP contribution in [0.1, 0.15) is 51.0 Å². The minimum atomic E-state index is 0.138. The lowest BCUT2D eigenvalue weighted by atomic mass is 9.95. The summed E-state index contributed by atoms with van der Waals surface area (Å²) in [6.07, 6.45) is 13.4. The van der Waals surface area contributed by atoms with Crippen molar-refractivity contribution in [3.8, 4) is 23.0 Å². The van der Waals surface area contributed by atoms with Crippen molar-refractivity contribution in [1.29, 1.82) is 0 Å². The summed E-state index contributed by atoms with van der Waals surface area (Å²) in [7, 11) is 1.70. The molecule has 2 atom stereocenters. The van der Waals surface area contributed by atoms with Crippen LogP contribution in [0.4, 0.5) is 5.82 Å². The van der Waals surface area contributed by atoms with Crippen LogP contribution in [0.15, 0.2) is 36.5 Å². The van der Waals surface area contributed by atoms with Gasteiger partial charge in [0.05, 0.1) is 29.2 Å². The zero-order chi connectivity index (χ0) is 26.4. The van der Waals surface area contributed by atoms with Crippen LogP contribution < -0.4 is 19.7 Å². The lowest BCUT2D eigenvalue weighted by Gasteiger charge is -2.34. The number of methoxy groups -OCH3 is 1. The molecule has 0 aliphatic carbocycles. The highest BCUT2D eigenvalue weighted by Crippen LogP contribution is 2.41. The topological polar surface area (TPSA) is 75.6 Å². The maximum Gasteiger partial charge on any atom is 0.319 e. The van der Waals surface area contributed by atoms with E-state index in [1.165, 1.54) is 51.6 Å². The Morgan fingerprint density at radius 1 is 1.08 bits per heavy atom. The zero-order valence-electron chi connectivity index (χ0n) is 23.0. The molecule has 6 heterocycles. The van der Waals surface area contributed by atoms with Crippen LogP contribution in [-0.2, 0) is 0 Å². The summed E-state index contributed by atoms with van der Waals surface area (Å²) in [5.74, 6) is 1.73. The maximum absolute atomic E-state index is 6.55. The molecule has 0 saturated carbocycles. The van der Waals surface area contributed by atoms with Crippen molar-refractivity contribution in [3.63, 3.8) is 0 Å². The fourth-order valence-corrected chi connectivity index (χ4v) is 7.39. The van der Waals surface area contributed by atoms with Crippen LogP contribution in [0.3, 0.4) is 0 Å². The number of ether oxygens (including phenoxy) is 2. The van der Waals surface area contributed by atoms with E-state index in [0.29, 0.717) is 24.7 Å². The molecule has 7 rings (SSSR count). The van der Waals surface area contributed by atoms with Gasteiger partial charge in [-0.3, -0.25) is 9.88 Å². The first-order chi connectivity index (χ1) is 19.2. The van der Waals surface area contributed by atoms with E-state index in [2.05, 4.69) is 33.3 Å². The van der Waals surface area contributed by atoms with Gasteiger partial charge in [-0.25, -0.2) is 0 Å². The molecule has 2 bridgehead atoms. The van der Waals surface area contributed by atoms with E-state index in [0.717, 1.165) is 52.4 Å². The number of nitrogens with one attached hydrogen (secondary N) is 1. The lowest BCUT2D eigenvalue weighted by molar-refractivity contribution is 0.108. The average Bonchev–Trinajstić information content (AvgIpc) is 3.65. The molecule has 3 aromatic rings. The quantitative estimate of drug-likeness (QED) is 0.476. The van der Waals surface area contributed by atoms with E-state index in [1.807, 2.05) is 31.3 Å². The molecular formula is C31H38N6O2. The first-order valence-corrected chi connectivity index (χ1v) is 14.5. The molecule has 8 heteroatoms. The second-order valence-electron chi connectivity index (χ2n) is 11.6. The molecule has 4 saturated heterocycles. The monoisotopic (exact) mass is 526 g/mol. The van der Waals surface area contributed by atoms with Crippen LogP contribution in [0.2, 0.25) is 0 Å². The Hall–Kier alpha value is -3.23. The van der Waals surface area contributed by atoms with E-state index in [9.17, 15) is 0 Å². The van der Waals surface area contributed by atoms with Crippen LogP contribution in [0.25, 0.3) is 28.2 Å². The van der Waals surface area contributed by atoms with Gasteiger partial charge >= 0.3 is 6.01 Å². The van der Waals surface area contributed by atoms with E-state index in [4.69, 9.17) is 24.4 Å². The Morgan fingerprint density at radius 3 is 2.59 bits per heavy atom. The smallest absolute Gasteiger partial charge is 0.319 e. The largest absolute Gasteiger partial charge is 0.496 e. The third-order valence-electron chi connectivity index (χ3n) is 9.23. The van der Waals surface area contributed by atoms with Gasteiger partial charge in [0.25, 0.3) is 0 Å². The second-order valence-corrected chi connectivity index (χ2v) is 11.6. The number of fused-ring (bicyclic) bond motifs is 4. The number of pyridine rings is 1. The number of benzene rings is 1. The van der Waals surface area contributed by atoms with Crippen LogP contribution in [0.5, 0.6) is 11.8 Å². The Kier molecular flexibility index (Phi) is 6.40. The third-order valence-corrected chi connectivity index (χ3v) is 9.23. The normalized spacial score (nSPS) is 24.1. The summed E-state index contributed by atoms with van der Waals surface area (Å²) < 4.78 is 12.3. The minimum Gasteiger partial charge on any atom is -0.496 e. The van der Waals surface area contributed by atoms with Crippen molar-refractivity contribution in [2.75, 3.05) is 44.8 Å². The number of aromatic nitrogens is 3. The fraction of sp³-hybridized carbons (Fsp3) is 0.516. The first-order valence-electron chi connectivity index (χ1n) is 14.5. The van der Waals surface area contributed by atoms with Gasteiger partial charge in [0.1, 0.15) is 18.2 Å². The highest BCUT2D eigenvalue weighted by atomic mass is 16.5. The van der Waals surface area contributed by atoms with Gasteiger partial charge in [0, 0.05) is 42.5 Å². The number of anilines is 1. The first kappa shape index (κ1) is 24.8. The summed E-state index contributed by atoms with van der Waals surface area (Å²) in [5, 5.41) is 4.72. The fourth-order valence-electron chi connectivity index (χ4n) is 7.39. The summed E-state index contributed by atoms with van der Waals surface area (Å²) in [4.78, 5) is 20.2. The number of piperazine rings is 1. The maximum atomic E-state index is 6.55. The average molecular weight is 527 g/mol. The van der Waals surface area contributed by atoms with Gasteiger partial charge in [-0.15, -0.1) is 0 Å². The molecule has 2 unspecified atom stereocenters. The van der Waals surface area contributed by atoms with Crippen LogP contribution in [-0.4, -0.2) is 77.4 Å². The highest BCUT2D eigenvalue weighted by Gasteiger charge is 2.45. The summed E-state index contributed by atoms with van der Waals surface area (Å²) >= 11 is 0. The Bertz CT molecular complexity index is 1390. The number of hydrogen-bond acceptors (Lipinski definition) is 8. The van der Waals surface area contributed by atoms with Crippen molar-refractivity contribution in [3.05, 3.63) is 42.1 Å². The molecule has 8 nitrogen and oxygen atoms in total. The molecule has 1 aromatic carbocycles.